The molecule has 0 aliphatic carbocycles. The fourth-order valence-electron chi connectivity index (χ4n) is 4.54. The summed E-state index contributed by atoms with van der Waals surface area (Å²) in [6.07, 6.45) is 3.23. The summed E-state index contributed by atoms with van der Waals surface area (Å²) in [7, 11) is -1.92. The van der Waals surface area contributed by atoms with E-state index in [9.17, 15) is 0 Å². The monoisotopic (exact) mass is 462 g/mol. The molecule has 158 valence electrons. The maximum atomic E-state index is 2.35. The number of rotatable bonds is 7. The van der Waals surface area contributed by atoms with Crippen molar-refractivity contribution in [2.75, 3.05) is 6.26 Å². The molecule has 0 fully saturated rings. The molecule has 1 unspecified atom stereocenters. The van der Waals surface area contributed by atoms with Gasteiger partial charge < -0.3 is 12.4 Å². The molecular formula is C28H28ClPS. The third-order valence-electron chi connectivity index (χ3n) is 5.85. The van der Waals surface area contributed by atoms with E-state index in [4.69, 9.17) is 0 Å². The van der Waals surface area contributed by atoms with Crippen LogP contribution in [0.5, 0.6) is 0 Å². The number of hydrogen-bond acceptors (Lipinski definition) is 1. The highest BCUT2D eigenvalue weighted by Crippen LogP contribution is 2.67. The quantitative estimate of drug-likeness (QED) is 0.297. The number of thioether (sulfide) groups is 1. The average molecular weight is 463 g/mol. The van der Waals surface area contributed by atoms with Gasteiger partial charge in [0.05, 0.1) is 0 Å². The Labute approximate surface area is 197 Å². The molecule has 0 saturated heterocycles. The minimum Gasteiger partial charge on any atom is -1.00 e. The van der Waals surface area contributed by atoms with Crippen LogP contribution in [0.4, 0.5) is 0 Å². The molecule has 0 saturated carbocycles. The smallest absolute Gasteiger partial charge is 0.119 e. The lowest BCUT2D eigenvalue weighted by Crippen LogP contribution is -3.00. The second-order valence-corrected chi connectivity index (χ2v) is 11.9. The Morgan fingerprint density at radius 3 is 1.32 bits per heavy atom. The van der Waals surface area contributed by atoms with Crippen LogP contribution in [-0.4, -0.2) is 6.26 Å². The van der Waals surface area contributed by atoms with Crippen LogP contribution in [0.1, 0.15) is 24.6 Å². The first-order valence-corrected chi connectivity index (χ1v) is 13.6. The van der Waals surface area contributed by atoms with Gasteiger partial charge in [-0.2, -0.15) is 0 Å². The molecule has 4 rings (SSSR count). The van der Waals surface area contributed by atoms with Gasteiger partial charge in [-0.25, -0.2) is 0 Å². The lowest BCUT2D eigenvalue weighted by atomic mass is 10.1. The van der Waals surface area contributed by atoms with E-state index in [0.717, 1.165) is 6.42 Å². The van der Waals surface area contributed by atoms with Crippen LogP contribution in [0.25, 0.3) is 0 Å². The van der Waals surface area contributed by atoms with Gasteiger partial charge in [0.15, 0.2) is 0 Å². The summed E-state index contributed by atoms with van der Waals surface area (Å²) in [6.45, 7) is 2.34. The molecule has 1 atom stereocenters. The Morgan fingerprint density at radius 1 is 0.613 bits per heavy atom. The van der Waals surface area contributed by atoms with Gasteiger partial charge >= 0.3 is 0 Å². The first kappa shape index (κ1) is 23.6. The van der Waals surface area contributed by atoms with Gasteiger partial charge in [0.2, 0.25) is 0 Å². The number of halogens is 1. The van der Waals surface area contributed by atoms with Crippen LogP contribution >= 0.6 is 19.0 Å². The van der Waals surface area contributed by atoms with Crippen molar-refractivity contribution in [1.82, 2.24) is 0 Å². The first-order chi connectivity index (χ1) is 14.8. The molecule has 0 aliphatic heterocycles. The van der Waals surface area contributed by atoms with Crippen LogP contribution in [0.2, 0.25) is 0 Å². The van der Waals surface area contributed by atoms with E-state index in [-0.39, 0.29) is 12.4 Å². The van der Waals surface area contributed by atoms with Gasteiger partial charge in [-0.1, -0.05) is 73.7 Å². The minimum atomic E-state index is -1.92. The van der Waals surface area contributed by atoms with Crippen molar-refractivity contribution in [3.05, 3.63) is 121 Å². The average Bonchev–Trinajstić information content (AvgIpc) is 2.84. The predicted octanol–water partition coefficient (Wildman–Crippen LogP) is 3.86. The highest BCUT2D eigenvalue weighted by atomic mass is 35.5. The second-order valence-electron chi connectivity index (χ2n) is 7.43. The summed E-state index contributed by atoms with van der Waals surface area (Å²) in [4.78, 5) is 1.32. The molecule has 0 aromatic heterocycles. The van der Waals surface area contributed by atoms with E-state index in [1.165, 1.54) is 26.4 Å². The summed E-state index contributed by atoms with van der Waals surface area (Å²) >= 11 is 1.80. The zero-order valence-electron chi connectivity index (χ0n) is 18.0. The molecule has 0 amide bonds. The van der Waals surface area contributed by atoms with Crippen LogP contribution in [0.15, 0.2) is 120 Å². The molecule has 0 heterocycles. The molecule has 4 aromatic carbocycles. The third-order valence-corrected chi connectivity index (χ3v) is 11.5. The first-order valence-electron chi connectivity index (χ1n) is 10.5. The molecular weight excluding hydrogens is 435 g/mol. The molecule has 31 heavy (non-hydrogen) atoms. The number of hydrogen-bond donors (Lipinski definition) is 0. The maximum absolute atomic E-state index is 2.35. The Hall–Kier alpha value is -2.05. The van der Waals surface area contributed by atoms with E-state index in [0.29, 0.717) is 5.66 Å². The normalized spacial score (nSPS) is 12.1. The standard InChI is InChI=1S/C28H28PS.ClH/c1-3-28(23-19-21-27(30-2)22-20-23)29(24-13-7-4-8-14-24,25-15-9-5-10-16-25)26-17-11-6-12-18-26;/h4-22,28H,3H2,1-2H3;1H/q+1;/p-1. The Balaban J connectivity index is 0.00000272. The van der Waals surface area contributed by atoms with Gasteiger partial charge in [-0.15, -0.1) is 11.8 Å². The lowest BCUT2D eigenvalue weighted by molar-refractivity contribution is -0.00000587. The van der Waals surface area contributed by atoms with E-state index in [1.807, 2.05) is 0 Å². The largest absolute Gasteiger partial charge is 1.00 e. The van der Waals surface area contributed by atoms with Crippen molar-refractivity contribution < 1.29 is 12.4 Å². The molecule has 3 heteroatoms. The Morgan fingerprint density at radius 2 is 1.00 bits per heavy atom. The van der Waals surface area contributed by atoms with Crippen molar-refractivity contribution in [2.45, 2.75) is 23.9 Å². The third kappa shape index (κ3) is 4.60. The van der Waals surface area contributed by atoms with Gasteiger partial charge in [0, 0.05) is 4.90 Å². The molecule has 0 nitrogen and oxygen atoms in total. The van der Waals surface area contributed by atoms with Gasteiger partial charge in [-0.05, 0) is 66.8 Å². The molecule has 0 bridgehead atoms. The zero-order valence-corrected chi connectivity index (χ0v) is 20.5. The van der Waals surface area contributed by atoms with Crippen LogP contribution in [0, 0.1) is 0 Å². The highest BCUT2D eigenvalue weighted by molar-refractivity contribution is 7.98. The minimum absolute atomic E-state index is 0. The van der Waals surface area contributed by atoms with Crippen molar-refractivity contribution in [3.8, 4) is 0 Å². The molecule has 0 spiro atoms. The number of benzene rings is 4. The van der Waals surface area contributed by atoms with Crippen molar-refractivity contribution in [3.63, 3.8) is 0 Å². The summed E-state index contributed by atoms with van der Waals surface area (Å²) < 4.78 is 0. The fourth-order valence-corrected chi connectivity index (χ4v) is 10.0. The maximum Gasteiger partial charge on any atom is 0.119 e. The van der Waals surface area contributed by atoms with Gasteiger partial charge in [0.25, 0.3) is 0 Å². The van der Waals surface area contributed by atoms with Crippen molar-refractivity contribution in [1.29, 1.82) is 0 Å². The van der Waals surface area contributed by atoms with Crippen LogP contribution in [-0.2, 0) is 0 Å². The molecule has 0 aliphatic rings. The van der Waals surface area contributed by atoms with Crippen molar-refractivity contribution >= 4 is 34.9 Å². The Kier molecular flexibility index (Phi) is 8.38. The van der Waals surface area contributed by atoms with E-state index in [1.54, 1.807) is 11.8 Å². The lowest BCUT2D eigenvalue weighted by Gasteiger charge is -2.34. The van der Waals surface area contributed by atoms with Crippen molar-refractivity contribution in [2.24, 2.45) is 0 Å². The summed E-state index contributed by atoms with van der Waals surface area (Å²) in [5, 5.41) is 4.34. The SMILES string of the molecule is CCC(c1ccc(SC)cc1)[P+](c1ccccc1)(c1ccccc1)c1ccccc1.[Cl-]. The van der Waals surface area contributed by atoms with E-state index in [2.05, 4.69) is 128 Å². The summed E-state index contributed by atoms with van der Waals surface area (Å²) in [5.74, 6) is 0. The Bertz CT molecular complexity index is 954. The summed E-state index contributed by atoms with van der Waals surface area (Å²) in [6, 6.07) is 42.8. The highest BCUT2D eigenvalue weighted by Gasteiger charge is 2.52. The van der Waals surface area contributed by atoms with Crippen LogP contribution in [0.3, 0.4) is 0 Å². The van der Waals surface area contributed by atoms with Gasteiger partial charge in [0.1, 0.15) is 28.8 Å². The summed E-state index contributed by atoms with van der Waals surface area (Å²) in [5.41, 5.74) is 1.85. The molecule has 4 aromatic rings. The second kappa shape index (κ2) is 11.0. The molecule has 0 radical (unpaired) electrons. The predicted molar refractivity (Wildman–Crippen MR) is 136 cm³/mol. The fraction of sp³-hybridized carbons (Fsp3) is 0.143. The van der Waals surface area contributed by atoms with E-state index >= 15 is 0 Å². The van der Waals surface area contributed by atoms with E-state index < -0.39 is 7.26 Å². The zero-order chi connectivity index (χ0) is 20.8. The van der Waals surface area contributed by atoms with Gasteiger partial charge in [-0.3, -0.25) is 0 Å². The van der Waals surface area contributed by atoms with Crippen LogP contribution < -0.4 is 28.3 Å². The molecule has 0 N–H and O–H groups in total. The topological polar surface area (TPSA) is 0 Å².